The summed E-state index contributed by atoms with van der Waals surface area (Å²) in [5, 5.41) is 8.89. The maximum absolute atomic E-state index is 11.4. The van der Waals surface area contributed by atoms with Crippen molar-refractivity contribution in [2.24, 2.45) is 17.7 Å². The number of hydrogen-bond donors (Lipinski definition) is 3. The van der Waals surface area contributed by atoms with Crippen molar-refractivity contribution in [2.45, 2.75) is 32.7 Å². The molecule has 1 saturated heterocycles. The van der Waals surface area contributed by atoms with E-state index < -0.39 is 0 Å². The number of aliphatic hydroxyl groups is 1. The summed E-state index contributed by atoms with van der Waals surface area (Å²) in [6.07, 6.45) is 1.97. The molecule has 0 bridgehead atoms. The Balaban J connectivity index is 2.43. The Bertz CT molecular complexity index is 235. The van der Waals surface area contributed by atoms with Crippen LogP contribution in [0, 0.1) is 11.8 Å². The number of rotatable bonds is 5. The summed E-state index contributed by atoms with van der Waals surface area (Å²) < 4.78 is 0. The van der Waals surface area contributed by atoms with Gasteiger partial charge in [-0.2, -0.15) is 0 Å². The highest BCUT2D eigenvalue weighted by molar-refractivity contribution is 5.78. The normalized spacial score (nSPS) is 25.4. The number of amides is 1. The maximum atomic E-state index is 11.4. The van der Waals surface area contributed by atoms with Crippen LogP contribution in [0.15, 0.2) is 0 Å². The van der Waals surface area contributed by atoms with E-state index in [-0.39, 0.29) is 24.5 Å². The lowest BCUT2D eigenvalue weighted by Crippen LogP contribution is -2.45. The van der Waals surface area contributed by atoms with Crippen LogP contribution in [0.4, 0.5) is 0 Å². The Morgan fingerprint density at radius 1 is 1.62 bits per heavy atom. The molecule has 1 rings (SSSR count). The molecule has 0 saturated carbocycles. The third kappa shape index (κ3) is 3.17. The summed E-state index contributed by atoms with van der Waals surface area (Å²) in [7, 11) is 0. The van der Waals surface area contributed by atoms with Crippen LogP contribution in [0.3, 0.4) is 0 Å². The number of carbonyl (C=O) groups excluding carboxylic acids is 1. The second-order valence-corrected chi connectivity index (χ2v) is 4.70. The van der Waals surface area contributed by atoms with Gasteiger partial charge in [0.15, 0.2) is 0 Å². The largest absolute Gasteiger partial charge is 0.396 e. The van der Waals surface area contributed by atoms with Crippen molar-refractivity contribution in [1.29, 1.82) is 0 Å². The molecule has 94 valence electrons. The minimum absolute atomic E-state index is 0.0992. The van der Waals surface area contributed by atoms with Crippen molar-refractivity contribution in [2.75, 3.05) is 19.7 Å². The van der Waals surface area contributed by atoms with Crippen LogP contribution < -0.4 is 11.3 Å². The molecule has 1 aliphatic rings. The predicted octanol–water partition coefficient (Wildman–Crippen LogP) is -0.295. The van der Waals surface area contributed by atoms with E-state index in [0.29, 0.717) is 5.92 Å². The molecule has 0 aromatic heterocycles. The van der Waals surface area contributed by atoms with Crippen LogP contribution in [-0.4, -0.2) is 41.7 Å². The molecule has 5 heteroatoms. The third-order valence-corrected chi connectivity index (χ3v) is 3.71. The molecule has 4 N–H and O–H groups in total. The van der Waals surface area contributed by atoms with Crippen molar-refractivity contribution < 1.29 is 9.90 Å². The molecule has 1 amide bonds. The summed E-state index contributed by atoms with van der Waals surface area (Å²) in [6.45, 7) is 6.19. The van der Waals surface area contributed by atoms with E-state index in [1.807, 2.05) is 6.92 Å². The Morgan fingerprint density at radius 3 is 2.88 bits per heavy atom. The molecule has 1 aliphatic heterocycles. The summed E-state index contributed by atoms with van der Waals surface area (Å²) in [5.41, 5.74) is 2.20. The fourth-order valence-corrected chi connectivity index (χ4v) is 2.32. The van der Waals surface area contributed by atoms with Crippen molar-refractivity contribution in [3.8, 4) is 0 Å². The zero-order chi connectivity index (χ0) is 12.1. The van der Waals surface area contributed by atoms with E-state index in [2.05, 4.69) is 17.2 Å². The van der Waals surface area contributed by atoms with Gasteiger partial charge in [0.2, 0.25) is 5.91 Å². The van der Waals surface area contributed by atoms with Crippen LogP contribution in [0.25, 0.3) is 0 Å². The van der Waals surface area contributed by atoms with Crippen molar-refractivity contribution >= 4 is 5.91 Å². The van der Waals surface area contributed by atoms with Gasteiger partial charge in [-0.25, -0.2) is 5.84 Å². The fourth-order valence-electron chi connectivity index (χ4n) is 2.32. The lowest BCUT2D eigenvalue weighted by atomic mass is 10.0. The van der Waals surface area contributed by atoms with E-state index in [9.17, 15) is 4.79 Å². The number of nitrogens with zero attached hydrogens (tertiary/aromatic N) is 1. The van der Waals surface area contributed by atoms with E-state index in [4.69, 9.17) is 10.9 Å². The molecular formula is C11H23N3O2. The smallest absolute Gasteiger partial charge is 0.238 e. The average Bonchev–Trinajstić information content (AvgIpc) is 2.75. The van der Waals surface area contributed by atoms with E-state index >= 15 is 0 Å². The first kappa shape index (κ1) is 13.4. The summed E-state index contributed by atoms with van der Waals surface area (Å²) in [5.74, 6) is 5.49. The number of nitrogens with one attached hydrogen (secondary N) is 1. The van der Waals surface area contributed by atoms with Gasteiger partial charge in [0, 0.05) is 19.2 Å². The second-order valence-electron chi connectivity index (χ2n) is 4.70. The van der Waals surface area contributed by atoms with E-state index in [1.54, 1.807) is 0 Å². The zero-order valence-electron chi connectivity index (χ0n) is 10.1. The Hall–Kier alpha value is -0.650. The molecule has 0 aromatic carbocycles. The number of aliphatic hydroxyl groups excluding tert-OH is 1. The maximum Gasteiger partial charge on any atom is 0.238 e. The highest BCUT2D eigenvalue weighted by atomic mass is 16.3. The highest BCUT2D eigenvalue weighted by Crippen LogP contribution is 2.23. The molecule has 0 radical (unpaired) electrons. The molecule has 5 nitrogen and oxygen atoms in total. The van der Waals surface area contributed by atoms with Crippen LogP contribution >= 0.6 is 0 Å². The highest BCUT2D eigenvalue weighted by Gasteiger charge is 2.30. The molecule has 16 heavy (non-hydrogen) atoms. The molecule has 1 fully saturated rings. The second kappa shape index (κ2) is 6.18. The average molecular weight is 229 g/mol. The van der Waals surface area contributed by atoms with Gasteiger partial charge in [-0.05, 0) is 32.2 Å². The SMILES string of the molecule is CC(C(=O)NN)C(C)N1CCC(CCO)C1. The van der Waals surface area contributed by atoms with Gasteiger partial charge >= 0.3 is 0 Å². The van der Waals surface area contributed by atoms with Crippen LogP contribution in [0.1, 0.15) is 26.7 Å². The van der Waals surface area contributed by atoms with Gasteiger partial charge in [-0.15, -0.1) is 0 Å². The minimum atomic E-state index is -0.113. The summed E-state index contributed by atoms with van der Waals surface area (Å²) in [6, 6.07) is 0.201. The third-order valence-electron chi connectivity index (χ3n) is 3.71. The van der Waals surface area contributed by atoms with Gasteiger partial charge in [0.25, 0.3) is 0 Å². The Morgan fingerprint density at radius 2 is 2.31 bits per heavy atom. The fraction of sp³-hybridized carbons (Fsp3) is 0.909. The quantitative estimate of drug-likeness (QED) is 0.344. The minimum Gasteiger partial charge on any atom is -0.396 e. The van der Waals surface area contributed by atoms with Gasteiger partial charge in [0.1, 0.15) is 0 Å². The van der Waals surface area contributed by atoms with Gasteiger partial charge in [-0.1, -0.05) is 6.92 Å². The summed E-state index contributed by atoms with van der Waals surface area (Å²) >= 11 is 0. The van der Waals surface area contributed by atoms with Crippen LogP contribution in [-0.2, 0) is 4.79 Å². The lowest BCUT2D eigenvalue weighted by molar-refractivity contribution is -0.126. The number of hydrogen-bond acceptors (Lipinski definition) is 4. The predicted molar refractivity (Wildman–Crippen MR) is 62.3 cm³/mol. The van der Waals surface area contributed by atoms with Gasteiger partial charge < -0.3 is 5.11 Å². The first-order chi connectivity index (χ1) is 7.60. The number of hydrazine groups is 1. The standard InChI is InChI=1S/C11H23N3O2/c1-8(11(16)13-12)9(2)14-5-3-10(7-14)4-6-15/h8-10,15H,3-7,12H2,1-2H3,(H,13,16). The Kier molecular flexibility index (Phi) is 5.18. The molecule has 0 aromatic rings. The van der Waals surface area contributed by atoms with Gasteiger partial charge in [0.05, 0.1) is 5.92 Å². The number of nitrogens with two attached hydrogens (primary N) is 1. The van der Waals surface area contributed by atoms with E-state index in [1.165, 1.54) is 0 Å². The molecule has 3 atom stereocenters. The molecule has 0 aliphatic carbocycles. The Labute approximate surface area is 97.0 Å². The number of likely N-dealkylation sites (tertiary alicyclic amines) is 1. The summed E-state index contributed by atoms with van der Waals surface area (Å²) in [4.78, 5) is 13.7. The zero-order valence-corrected chi connectivity index (χ0v) is 10.1. The van der Waals surface area contributed by atoms with Crippen molar-refractivity contribution in [3.63, 3.8) is 0 Å². The van der Waals surface area contributed by atoms with E-state index in [0.717, 1.165) is 25.9 Å². The molecule has 0 spiro atoms. The molecule has 1 heterocycles. The van der Waals surface area contributed by atoms with Crippen LogP contribution in [0.2, 0.25) is 0 Å². The topological polar surface area (TPSA) is 78.6 Å². The van der Waals surface area contributed by atoms with Gasteiger partial charge in [-0.3, -0.25) is 15.1 Å². The first-order valence-corrected chi connectivity index (χ1v) is 5.95. The van der Waals surface area contributed by atoms with Crippen molar-refractivity contribution in [1.82, 2.24) is 10.3 Å². The van der Waals surface area contributed by atoms with Crippen molar-refractivity contribution in [3.05, 3.63) is 0 Å². The lowest BCUT2D eigenvalue weighted by Gasteiger charge is -2.28. The monoisotopic (exact) mass is 229 g/mol. The van der Waals surface area contributed by atoms with Crippen LogP contribution in [0.5, 0.6) is 0 Å². The molecule has 3 unspecified atom stereocenters. The first-order valence-electron chi connectivity index (χ1n) is 5.95. The molecular weight excluding hydrogens is 206 g/mol. The number of carbonyl (C=O) groups is 1.